The van der Waals surface area contributed by atoms with Crippen molar-refractivity contribution in [2.75, 3.05) is 6.54 Å². The van der Waals surface area contributed by atoms with Crippen molar-refractivity contribution in [3.63, 3.8) is 0 Å². The Kier molecular flexibility index (Phi) is 8.23. The number of unbranched alkanes of at least 4 members (excludes halogenated alkanes) is 1. The first-order valence-corrected chi connectivity index (χ1v) is 7.82. The van der Waals surface area contributed by atoms with E-state index in [1.807, 2.05) is 0 Å². The molecule has 0 aliphatic heterocycles. The van der Waals surface area contributed by atoms with E-state index in [0.717, 1.165) is 4.90 Å². The lowest BCUT2D eigenvalue weighted by Gasteiger charge is -2.31. The maximum Gasteiger partial charge on any atom is 0.420 e. The number of hydrogen-bond donors (Lipinski definition) is 1. The largest absolute Gasteiger partial charge is 0.443 e. The van der Waals surface area contributed by atoms with E-state index in [2.05, 4.69) is 0 Å². The van der Waals surface area contributed by atoms with E-state index in [9.17, 15) is 14.4 Å². The molecule has 7 heteroatoms. The van der Waals surface area contributed by atoms with Crippen LogP contribution >= 0.6 is 0 Å². The van der Waals surface area contributed by atoms with Crippen molar-refractivity contribution in [1.82, 2.24) is 4.90 Å². The number of amides is 2. The first-order chi connectivity index (χ1) is 10.4. The minimum absolute atomic E-state index is 0.319. The molecule has 0 fully saturated rings. The minimum atomic E-state index is -0.939. The fraction of sp³-hybridized carbons (Fsp3) is 0.812. The standard InChI is InChI=1S/C16H30N2O5/c1-15(2,3)22-13(20)18(14(21)23-16(4,5)6)12(11-19)9-7-8-10-17/h11-12H,7-10,17H2,1-6H3/t12-/m1/s1. The molecule has 134 valence electrons. The predicted molar refractivity (Wildman–Crippen MR) is 87.1 cm³/mol. The summed E-state index contributed by atoms with van der Waals surface area (Å²) in [6.07, 6.45) is 0.403. The number of nitrogens with two attached hydrogens (primary N) is 1. The summed E-state index contributed by atoms with van der Waals surface area (Å²) < 4.78 is 10.5. The van der Waals surface area contributed by atoms with Crippen molar-refractivity contribution in [3.05, 3.63) is 0 Å². The number of carbonyl (C=O) groups is 3. The second-order valence-electron chi connectivity index (χ2n) is 7.32. The second-order valence-corrected chi connectivity index (χ2v) is 7.32. The van der Waals surface area contributed by atoms with Crippen molar-refractivity contribution >= 4 is 18.5 Å². The Morgan fingerprint density at radius 1 is 1.00 bits per heavy atom. The highest BCUT2D eigenvalue weighted by Crippen LogP contribution is 2.18. The van der Waals surface area contributed by atoms with E-state index in [1.54, 1.807) is 41.5 Å². The molecule has 2 N–H and O–H groups in total. The molecule has 0 aromatic heterocycles. The highest BCUT2D eigenvalue weighted by molar-refractivity contribution is 5.91. The fourth-order valence-electron chi connectivity index (χ4n) is 1.72. The third-order valence-electron chi connectivity index (χ3n) is 2.62. The van der Waals surface area contributed by atoms with Gasteiger partial charge < -0.3 is 20.0 Å². The van der Waals surface area contributed by atoms with Crippen LogP contribution in [0.15, 0.2) is 0 Å². The van der Waals surface area contributed by atoms with E-state index < -0.39 is 29.4 Å². The van der Waals surface area contributed by atoms with Gasteiger partial charge in [0.2, 0.25) is 0 Å². The molecule has 0 spiro atoms. The Labute approximate surface area is 138 Å². The van der Waals surface area contributed by atoms with Gasteiger partial charge in [0.15, 0.2) is 0 Å². The molecule has 2 amide bonds. The van der Waals surface area contributed by atoms with E-state index in [4.69, 9.17) is 15.2 Å². The summed E-state index contributed by atoms with van der Waals surface area (Å²) in [4.78, 5) is 36.8. The topological polar surface area (TPSA) is 98.9 Å². The van der Waals surface area contributed by atoms with Gasteiger partial charge in [0.1, 0.15) is 23.5 Å². The van der Waals surface area contributed by atoms with Crippen LogP contribution in [0.5, 0.6) is 0 Å². The van der Waals surface area contributed by atoms with Crippen molar-refractivity contribution in [1.29, 1.82) is 0 Å². The molecule has 0 unspecified atom stereocenters. The minimum Gasteiger partial charge on any atom is -0.443 e. The van der Waals surface area contributed by atoms with Gasteiger partial charge in [0, 0.05) is 0 Å². The molecule has 0 aliphatic rings. The summed E-state index contributed by atoms with van der Waals surface area (Å²) >= 11 is 0. The average molecular weight is 330 g/mol. The number of ether oxygens (including phenoxy) is 2. The first-order valence-electron chi connectivity index (χ1n) is 7.82. The smallest absolute Gasteiger partial charge is 0.420 e. The van der Waals surface area contributed by atoms with Gasteiger partial charge in [-0.05, 0) is 67.3 Å². The number of carbonyl (C=O) groups excluding carboxylic acids is 3. The summed E-state index contributed by atoms with van der Waals surface area (Å²) in [5.41, 5.74) is 3.85. The molecule has 23 heavy (non-hydrogen) atoms. The quantitative estimate of drug-likeness (QED) is 0.594. The Morgan fingerprint density at radius 3 is 1.74 bits per heavy atom. The maximum atomic E-state index is 12.3. The molecule has 0 aromatic carbocycles. The SMILES string of the molecule is CC(C)(C)OC(=O)N(C(=O)OC(C)(C)C)[C@@H](C=O)CCCCN. The molecule has 0 aliphatic carbocycles. The zero-order valence-electron chi connectivity index (χ0n) is 15.0. The predicted octanol–water partition coefficient (Wildman–Crippen LogP) is 2.86. The summed E-state index contributed by atoms with van der Waals surface area (Å²) in [5.74, 6) is 0. The number of hydrogen-bond acceptors (Lipinski definition) is 6. The van der Waals surface area contributed by atoms with Gasteiger partial charge in [-0.2, -0.15) is 0 Å². The summed E-state index contributed by atoms with van der Waals surface area (Å²) in [7, 11) is 0. The lowest BCUT2D eigenvalue weighted by atomic mass is 10.1. The van der Waals surface area contributed by atoms with E-state index in [-0.39, 0.29) is 0 Å². The van der Waals surface area contributed by atoms with Crippen LogP contribution in [-0.2, 0) is 14.3 Å². The second kappa shape index (κ2) is 8.86. The van der Waals surface area contributed by atoms with Crippen LogP contribution in [-0.4, -0.2) is 47.2 Å². The highest BCUT2D eigenvalue weighted by Gasteiger charge is 2.36. The van der Waals surface area contributed by atoms with E-state index >= 15 is 0 Å². The van der Waals surface area contributed by atoms with Gasteiger partial charge in [0.05, 0.1) is 0 Å². The lowest BCUT2D eigenvalue weighted by Crippen LogP contribution is -2.49. The summed E-state index contributed by atoms with van der Waals surface area (Å²) in [5, 5.41) is 0. The van der Waals surface area contributed by atoms with E-state index in [1.165, 1.54) is 0 Å². The lowest BCUT2D eigenvalue weighted by molar-refractivity contribution is -0.112. The molecular formula is C16H30N2O5. The van der Waals surface area contributed by atoms with Gasteiger partial charge in [-0.1, -0.05) is 0 Å². The van der Waals surface area contributed by atoms with Gasteiger partial charge in [0.25, 0.3) is 0 Å². The van der Waals surface area contributed by atoms with Gasteiger partial charge in [-0.25, -0.2) is 14.5 Å². The number of aldehydes is 1. The molecule has 0 aromatic rings. The molecule has 0 rings (SSSR count). The Bertz CT molecular complexity index is 382. The van der Waals surface area contributed by atoms with Crippen molar-refractivity contribution in [2.24, 2.45) is 5.73 Å². The Balaban J connectivity index is 5.29. The molecule has 7 nitrogen and oxygen atoms in total. The zero-order chi connectivity index (χ0) is 18.3. The monoisotopic (exact) mass is 330 g/mol. The Hall–Kier alpha value is -1.63. The number of nitrogens with zero attached hydrogens (tertiary/aromatic N) is 1. The number of rotatable bonds is 6. The fourth-order valence-corrected chi connectivity index (χ4v) is 1.72. The molecule has 0 heterocycles. The third-order valence-corrected chi connectivity index (χ3v) is 2.62. The summed E-state index contributed by atoms with van der Waals surface area (Å²) in [6.45, 7) is 10.6. The Morgan fingerprint density at radius 2 is 1.43 bits per heavy atom. The molecule has 0 saturated heterocycles. The zero-order valence-corrected chi connectivity index (χ0v) is 15.0. The summed E-state index contributed by atoms with van der Waals surface area (Å²) in [6, 6.07) is -0.939. The van der Waals surface area contributed by atoms with Crippen LogP contribution in [0.2, 0.25) is 0 Å². The molecule has 0 bridgehead atoms. The molecule has 0 saturated carbocycles. The highest BCUT2D eigenvalue weighted by atomic mass is 16.6. The van der Waals surface area contributed by atoms with E-state index in [0.29, 0.717) is 32.1 Å². The molecular weight excluding hydrogens is 300 g/mol. The average Bonchev–Trinajstić information content (AvgIpc) is 2.33. The van der Waals surface area contributed by atoms with Gasteiger partial charge >= 0.3 is 12.2 Å². The van der Waals surface area contributed by atoms with Crippen molar-refractivity contribution in [3.8, 4) is 0 Å². The van der Waals surface area contributed by atoms with Gasteiger partial charge in [-0.3, -0.25) is 0 Å². The van der Waals surface area contributed by atoms with Crippen molar-refractivity contribution in [2.45, 2.75) is 78.0 Å². The first kappa shape index (κ1) is 21.4. The maximum absolute atomic E-state index is 12.3. The number of imide groups is 1. The van der Waals surface area contributed by atoms with Crippen molar-refractivity contribution < 1.29 is 23.9 Å². The van der Waals surface area contributed by atoms with Crippen LogP contribution in [0.3, 0.4) is 0 Å². The molecule has 0 radical (unpaired) electrons. The van der Waals surface area contributed by atoms with Crippen LogP contribution in [0.4, 0.5) is 9.59 Å². The molecule has 1 atom stereocenters. The van der Waals surface area contributed by atoms with Gasteiger partial charge in [-0.15, -0.1) is 0 Å². The van der Waals surface area contributed by atoms with Crippen LogP contribution in [0.1, 0.15) is 60.8 Å². The van der Waals surface area contributed by atoms with Crippen LogP contribution < -0.4 is 5.73 Å². The van der Waals surface area contributed by atoms with Crippen LogP contribution in [0.25, 0.3) is 0 Å². The third kappa shape index (κ3) is 9.18. The normalized spacial score (nSPS) is 13.2. The van der Waals surface area contributed by atoms with Crippen LogP contribution in [0, 0.1) is 0 Å².